The first kappa shape index (κ1) is 15.4. The van der Waals surface area contributed by atoms with Gasteiger partial charge in [-0.1, -0.05) is 0 Å². The number of carbonyl (C=O) groups excluding carboxylic acids is 1. The Kier molecular flexibility index (Phi) is 3.99. The number of phenolic OH excluding ortho intramolecular Hbond substituents is 1. The predicted octanol–water partition coefficient (Wildman–Crippen LogP) is 1.38. The van der Waals surface area contributed by atoms with Crippen molar-refractivity contribution in [1.29, 1.82) is 0 Å². The fourth-order valence-electron chi connectivity index (χ4n) is 2.23. The third kappa shape index (κ3) is 3.05. The summed E-state index contributed by atoms with van der Waals surface area (Å²) in [7, 11) is 1.86. The topological polar surface area (TPSA) is 69.8 Å². The van der Waals surface area contributed by atoms with E-state index in [0.29, 0.717) is 26.2 Å². The van der Waals surface area contributed by atoms with Gasteiger partial charge in [0.25, 0.3) is 5.91 Å². The lowest BCUT2D eigenvalue weighted by Crippen LogP contribution is -2.47. The number of piperazine rings is 1. The number of amides is 1. The summed E-state index contributed by atoms with van der Waals surface area (Å²) in [5, 5.41) is 9.81. The molecule has 0 aliphatic carbocycles. The Morgan fingerprint density at radius 1 is 1.24 bits per heavy atom. The van der Waals surface area contributed by atoms with Crippen LogP contribution in [0.1, 0.15) is 15.9 Å². The lowest BCUT2D eigenvalue weighted by Gasteiger charge is -2.33. The van der Waals surface area contributed by atoms with Crippen molar-refractivity contribution >= 4 is 11.6 Å². The number of alkyl halides is 3. The van der Waals surface area contributed by atoms with E-state index >= 15 is 0 Å². The second kappa shape index (κ2) is 5.44. The smallest absolute Gasteiger partial charge is 0.417 e. The van der Waals surface area contributed by atoms with E-state index in [9.17, 15) is 23.1 Å². The fraction of sp³-hybridized carbons (Fsp3) is 0.462. The number of hydrogen-bond donors (Lipinski definition) is 2. The van der Waals surface area contributed by atoms with E-state index in [1.165, 1.54) is 4.90 Å². The Balaban J connectivity index is 2.42. The molecule has 116 valence electrons. The van der Waals surface area contributed by atoms with Crippen molar-refractivity contribution in [2.75, 3.05) is 39.0 Å². The van der Waals surface area contributed by atoms with Gasteiger partial charge in [-0.25, -0.2) is 0 Å². The first-order chi connectivity index (χ1) is 9.71. The molecule has 1 aliphatic heterocycles. The van der Waals surface area contributed by atoms with Gasteiger partial charge in [-0.3, -0.25) is 4.79 Å². The molecule has 1 saturated heterocycles. The highest BCUT2D eigenvalue weighted by atomic mass is 19.4. The number of halogens is 3. The van der Waals surface area contributed by atoms with Crippen molar-refractivity contribution < 1.29 is 23.1 Å². The minimum Gasteiger partial charge on any atom is -0.505 e. The number of nitrogens with two attached hydrogens (primary N) is 1. The quantitative estimate of drug-likeness (QED) is 0.607. The number of phenols is 1. The number of nitrogens with zero attached hydrogens (tertiary/aromatic N) is 2. The SMILES string of the molecule is CN1CCN(C(=O)c2c(C(F)(F)F)ccc(N)c2O)CC1. The molecule has 1 fully saturated rings. The summed E-state index contributed by atoms with van der Waals surface area (Å²) in [6.45, 7) is 1.74. The standard InChI is InChI=1S/C13H16F3N3O2/c1-18-4-6-19(7-5-18)12(21)10-8(13(14,15)16)2-3-9(17)11(10)20/h2-3,20H,4-7,17H2,1H3. The van der Waals surface area contributed by atoms with E-state index in [2.05, 4.69) is 0 Å². The largest absolute Gasteiger partial charge is 0.505 e. The zero-order valence-corrected chi connectivity index (χ0v) is 11.4. The maximum Gasteiger partial charge on any atom is 0.417 e. The van der Waals surface area contributed by atoms with E-state index in [1.807, 2.05) is 11.9 Å². The highest BCUT2D eigenvalue weighted by molar-refractivity contribution is 6.00. The van der Waals surface area contributed by atoms with Crippen LogP contribution < -0.4 is 5.73 Å². The number of aromatic hydroxyl groups is 1. The number of benzene rings is 1. The molecule has 0 spiro atoms. The first-order valence-electron chi connectivity index (χ1n) is 6.38. The molecule has 0 unspecified atom stereocenters. The third-order valence-electron chi connectivity index (χ3n) is 3.52. The molecule has 0 saturated carbocycles. The molecule has 3 N–H and O–H groups in total. The van der Waals surface area contributed by atoms with Gasteiger partial charge in [0.15, 0.2) is 5.75 Å². The molecule has 1 amide bonds. The van der Waals surface area contributed by atoms with Crippen LogP contribution in [0.3, 0.4) is 0 Å². The Morgan fingerprint density at radius 2 is 1.81 bits per heavy atom. The number of anilines is 1. The van der Waals surface area contributed by atoms with Crippen molar-refractivity contribution in [3.05, 3.63) is 23.3 Å². The van der Waals surface area contributed by atoms with Gasteiger partial charge in [0, 0.05) is 26.2 Å². The Bertz CT molecular complexity index is 552. The first-order valence-corrected chi connectivity index (χ1v) is 6.38. The minimum atomic E-state index is -4.73. The third-order valence-corrected chi connectivity index (χ3v) is 3.52. The summed E-state index contributed by atoms with van der Waals surface area (Å²) in [5.74, 6) is -1.66. The van der Waals surface area contributed by atoms with Gasteiger partial charge in [0.1, 0.15) is 0 Å². The van der Waals surface area contributed by atoms with Crippen LogP contribution in [0.2, 0.25) is 0 Å². The normalized spacial score (nSPS) is 17.0. The van der Waals surface area contributed by atoms with Crippen molar-refractivity contribution in [1.82, 2.24) is 9.80 Å². The number of hydrogen-bond acceptors (Lipinski definition) is 4. The van der Waals surface area contributed by atoms with Crippen LogP contribution >= 0.6 is 0 Å². The van der Waals surface area contributed by atoms with E-state index in [0.717, 1.165) is 12.1 Å². The molecular weight excluding hydrogens is 287 g/mol. The summed E-state index contributed by atoms with van der Waals surface area (Å²) in [6.07, 6.45) is -4.73. The molecule has 2 rings (SSSR count). The Morgan fingerprint density at radius 3 is 2.33 bits per heavy atom. The zero-order valence-electron chi connectivity index (χ0n) is 11.4. The summed E-state index contributed by atoms with van der Waals surface area (Å²) >= 11 is 0. The predicted molar refractivity (Wildman–Crippen MR) is 70.9 cm³/mol. The van der Waals surface area contributed by atoms with Crippen LogP contribution in [0, 0.1) is 0 Å². The molecule has 1 aliphatic rings. The molecule has 1 aromatic rings. The van der Waals surface area contributed by atoms with Gasteiger partial charge in [-0.2, -0.15) is 13.2 Å². The average molecular weight is 303 g/mol. The van der Waals surface area contributed by atoms with Gasteiger partial charge in [0.2, 0.25) is 0 Å². The van der Waals surface area contributed by atoms with Crippen LogP contribution in [0.25, 0.3) is 0 Å². The highest BCUT2D eigenvalue weighted by Crippen LogP contribution is 2.39. The van der Waals surface area contributed by atoms with Crippen LogP contribution in [0.5, 0.6) is 5.75 Å². The van der Waals surface area contributed by atoms with Crippen LogP contribution in [-0.4, -0.2) is 54.0 Å². The van der Waals surface area contributed by atoms with Crippen LogP contribution in [0.4, 0.5) is 18.9 Å². The number of likely N-dealkylation sites (N-methyl/N-ethyl adjacent to an activating group) is 1. The molecule has 5 nitrogen and oxygen atoms in total. The van der Waals surface area contributed by atoms with E-state index in [-0.39, 0.29) is 5.69 Å². The second-order valence-electron chi connectivity index (χ2n) is 5.02. The van der Waals surface area contributed by atoms with Crippen LogP contribution in [0.15, 0.2) is 12.1 Å². The molecular formula is C13H16F3N3O2. The van der Waals surface area contributed by atoms with E-state index in [4.69, 9.17) is 5.73 Å². The van der Waals surface area contributed by atoms with Gasteiger partial charge in [-0.15, -0.1) is 0 Å². The molecule has 0 radical (unpaired) electrons. The molecule has 0 bridgehead atoms. The molecule has 0 atom stereocenters. The maximum absolute atomic E-state index is 13.0. The van der Waals surface area contributed by atoms with E-state index in [1.54, 1.807) is 0 Å². The molecule has 0 aromatic heterocycles. The summed E-state index contributed by atoms with van der Waals surface area (Å²) in [4.78, 5) is 15.6. The fourth-order valence-corrected chi connectivity index (χ4v) is 2.23. The summed E-state index contributed by atoms with van der Waals surface area (Å²) < 4.78 is 39.1. The van der Waals surface area contributed by atoms with Crippen molar-refractivity contribution in [3.63, 3.8) is 0 Å². The van der Waals surface area contributed by atoms with Crippen LogP contribution in [-0.2, 0) is 6.18 Å². The molecule has 8 heteroatoms. The number of carbonyl (C=O) groups is 1. The molecule has 1 heterocycles. The monoisotopic (exact) mass is 303 g/mol. The lowest BCUT2D eigenvalue weighted by atomic mass is 10.0. The highest BCUT2D eigenvalue weighted by Gasteiger charge is 2.38. The Hall–Kier alpha value is -1.96. The zero-order chi connectivity index (χ0) is 15.8. The van der Waals surface area contributed by atoms with Crippen molar-refractivity contribution in [2.24, 2.45) is 0 Å². The summed E-state index contributed by atoms with van der Waals surface area (Å²) in [6, 6.07) is 1.66. The summed E-state index contributed by atoms with van der Waals surface area (Å²) in [5.41, 5.74) is 3.24. The maximum atomic E-state index is 13.0. The minimum absolute atomic E-state index is 0.250. The number of nitrogen functional groups attached to an aromatic ring is 1. The van der Waals surface area contributed by atoms with Gasteiger partial charge >= 0.3 is 6.18 Å². The second-order valence-corrected chi connectivity index (χ2v) is 5.02. The van der Waals surface area contributed by atoms with Gasteiger partial charge in [0.05, 0.1) is 16.8 Å². The van der Waals surface area contributed by atoms with Crippen molar-refractivity contribution in [3.8, 4) is 5.75 Å². The molecule has 21 heavy (non-hydrogen) atoms. The lowest BCUT2D eigenvalue weighted by molar-refractivity contribution is -0.138. The van der Waals surface area contributed by atoms with Gasteiger partial charge in [-0.05, 0) is 19.2 Å². The Labute approximate surface area is 119 Å². The molecule has 1 aromatic carbocycles. The van der Waals surface area contributed by atoms with Crippen molar-refractivity contribution in [2.45, 2.75) is 6.18 Å². The number of rotatable bonds is 1. The van der Waals surface area contributed by atoms with E-state index < -0.39 is 29.0 Å². The van der Waals surface area contributed by atoms with Gasteiger partial charge < -0.3 is 20.6 Å². The average Bonchev–Trinajstić information content (AvgIpc) is 2.40.